The fourth-order valence-electron chi connectivity index (χ4n) is 3.24. The predicted octanol–water partition coefficient (Wildman–Crippen LogP) is 5.34. The van der Waals surface area contributed by atoms with E-state index >= 15 is 0 Å². The Morgan fingerprint density at radius 1 is 1.05 bits per heavy atom. The molecular formula is C18H31NS. The molecule has 1 aromatic carbocycles. The minimum absolute atomic E-state index is 0.352. The topological polar surface area (TPSA) is 3.24 Å². The van der Waals surface area contributed by atoms with E-state index in [2.05, 4.69) is 56.9 Å². The standard InChI is InChI=1S/C18H31NS/c1-5-12-18(15-20,13-6-2)14-19(7-3)17-11-9-8-10-16(17)4/h8-11,20H,5-7,12-15H2,1-4H3. The van der Waals surface area contributed by atoms with Crippen molar-refractivity contribution in [2.75, 3.05) is 23.7 Å². The third-order valence-corrected chi connectivity index (χ3v) is 4.93. The van der Waals surface area contributed by atoms with Gasteiger partial charge in [0.1, 0.15) is 0 Å². The molecule has 20 heavy (non-hydrogen) atoms. The van der Waals surface area contributed by atoms with Crippen molar-refractivity contribution in [3.05, 3.63) is 29.8 Å². The van der Waals surface area contributed by atoms with E-state index in [1.807, 2.05) is 0 Å². The van der Waals surface area contributed by atoms with Gasteiger partial charge in [0.05, 0.1) is 0 Å². The molecule has 0 spiro atoms. The maximum Gasteiger partial charge on any atom is 0.0396 e. The molecular weight excluding hydrogens is 262 g/mol. The zero-order chi connectivity index (χ0) is 15.0. The maximum atomic E-state index is 4.69. The number of nitrogens with zero attached hydrogens (tertiary/aromatic N) is 1. The van der Waals surface area contributed by atoms with Gasteiger partial charge in [0.2, 0.25) is 0 Å². The van der Waals surface area contributed by atoms with Gasteiger partial charge in [0.25, 0.3) is 0 Å². The Morgan fingerprint density at radius 3 is 2.10 bits per heavy atom. The van der Waals surface area contributed by atoms with Crippen molar-refractivity contribution in [2.45, 2.75) is 53.4 Å². The Kier molecular flexibility index (Phi) is 7.50. The molecule has 1 nitrogen and oxygen atoms in total. The van der Waals surface area contributed by atoms with E-state index in [9.17, 15) is 0 Å². The average molecular weight is 294 g/mol. The molecule has 0 aliphatic rings. The maximum absolute atomic E-state index is 4.69. The van der Waals surface area contributed by atoms with Gasteiger partial charge in [0, 0.05) is 18.8 Å². The molecule has 0 radical (unpaired) electrons. The van der Waals surface area contributed by atoms with E-state index in [0.717, 1.165) is 18.8 Å². The minimum atomic E-state index is 0.352. The number of rotatable bonds is 9. The molecule has 0 unspecified atom stereocenters. The molecule has 0 amide bonds. The molecule has 2 heteroatoms. The smallest absolute Gasteiger partial charge is 0.0396 e. The highest BCUT2D eigenvalue weighted by atomic mass is 32.1. The van der Waals surface area contributed by atoms with Crippen molar-refractivity contribution < 1.29 is 0 Å². The second-order valence-corrected chi connectivity index (χ2v) is 6.28. The van der Waals surface area contributed by atoms with Crippen LogP contribution in [0.3, 0.4) is 0 Å². The third kappa shape index (κ3) is 4.44. The number of thiol groups is 1. The van der Waals surface area contributed by atoms with E-state index in [-0.39, 0.29) is 0 Å². The first-order chi connectivity index (χ1) is 9.62. The van der Waals surface area contributed by atoms with Gasteiger partial charge in [-0.15, -0.1) is 0 Å². The van der Waals surface area contributed by atoms with Crippen LogP contribution >= 0.6 is 12.6 Å². The van der Waals surface area contributed by atoms with E-state index in [4.69, 9.17) is 12.6 Å². The second kappa shape index (κ2) is 8.61. The fraction of sp³-hybridized carbons (Fsp3) is 0.667. The van der Waals surface area contributed by atoms with Crippen molar-refractivity contribution in [3.8, 4) is 0 Å². The quantitative estimate of drug-likeness (QED) is 0.602. The number of para-hydroxylation sites is 1. The van der Waals surface area contributed by atoms with Crippen molar-refractivity contribution in [2.24, 2.45) is 5.41 Å². The summed E-state index contributed by atoms with van der Waals surface area (Å²) in [4.78, 5) is 2.54. The van der Waals surface area contributed by atoms with Gasteiger partial charge >= 0.3 is 0 Å². The Hall–Kier alpha value is -0.630. The third-order valence-electron chi connectivity index (χ3n) is 4.26. The van der Waals surface area contributed by atoms with Gasteiger partial charge in [-0.25, -0.2) is 0 Å². The molecule has 0 saturated heterocycles. The summed E-state index contributed by atoms with van der Waals surface area (Å²) in [6.07, 6.45) is 5.03. The summed E-state index contributed by atoms with van der Waals surface area (Å²) < 4.78 is 0. The highest BCUT2D eigenvalue weighted by Crippen LogP contribution is 2.34. The number of aryl methyl sites for hydroxylation is 1. The zero-order valence-electron chi connectivity index (χ0n) is 13.7. The lowest BCUT2D eigenvalue weighted by molar-refractivity contribution is 0.279. The summed E-state index contributed by atoms with van der Waals surface area (Å²) in [5.41, 5.74) is 3.11. The number of hydrogen-bond donors (Lipinski definition) is 1. The van der Waals surface area contributed by atoms with Crippen LogP contribution in [0.2, 0.25) is 0 Å². The van der Waals surface area contributed by atoms with E-state index in [0.29, 0.717) is 5.41 Å². The average Bonchev–Trinajstić information content (AvgIpc) is 2.46. The largest absolute Gasteiger partial charge is 0.371 e. The van der Waals surface area contributed by atoms with Crippen molar-refractivity contribution >= 4 is 18.3 Å². The molecule has 0 heterocycles. The molecule has 0 aromatic heterocycles. The molecule has 114 valence electrons. The highest BCUT2D eigenvalue weighted by Gasteiger charge is 2.29. The number of benzene rings is 1. The van der Waals surface area contributed by atoms with Crippen LogP contribution in [-0.2, 0) is 0 Å². The molecule has 1 aromatic rings. The SMILES string of the molecule is CCCC(CS)(CCC)CN(CC)c1ccccc1C. The van der Waals surface area contributed by atoms with Crippen LogP contribution in [0.15, 0.2) is 24.3 Å². The van der Waals surface area contributed by atoms with Crippen LogP contribution in [0.4, 0.5) is 5.69 Å². The second-order valence-electron chi connectivity index (χ2n) is 5.96. The van der Waals surface area contributed by atoms with Crippen molar-refractivity contribution in [1.82, 2.24) is 0 Å². The molecule has 0 aliphatic carbocycles. The molecule has 0 atom stereocenters. The predicted molar refractivity (Wildman–Crippen MR) is 95.2 cm³/mol. The van der Waals surface area contributed by atoms with Crippen LogP contribution < -0.4 is 4.90 Å². The fourth-order valence-corrected chi connectivity index (χ4v) is 3.66. The summed E-state index contributed by atoms with van der Waals surface area (Å²) in [6.45, 7) is 11.2. The lowest BCUT2D eigenvalue weighted by atomic mass is 9.80. The normalized spacial score (nSPS) is 11.7. The van der Waals surface area contributed by atoms with E-state index < -0.39 is 0 Å². The number of anilines is 1. The lowest BCUT2D eigenvalue weighted by Gasteiger charge is -2.39. The molecule has 0 fully saturated rings. The molecule has 0 saturated carbocycles. The van der Waals surface area contributed by atoms with Gasteiger partial charge in [0.15, 0.2) is 0 Å². The van der Waals surface area contributed by atoms with Gasteiger partial charge in [-0.3, -0.25) is 0 Å². The summed E-state index contributed by atoms with van der Waals surface area (Å²) >= 11 is 4.69. The summed E-state index contributed by atoms with van der Waals surface area (Å²) in [6, 6.07) is 8.73. The Morgan fingerprint density at radius 2 is 1.65 bits per heavy atom. The van der Waals surface area contributed by atoms with Crippen LogP contribution in [0, 0.1) is 12.3 Å². The number of hydrogen-bond acceptors (Lipinski definition) is 2. The first-order valence-corrected chi connectivity index (χ1v) is 8.67. The highest BCUT2D eigenvalue weighted by molar-refractivity contribution is 7.80. The van der Waals surface area contributed by atoms with Crippen LogP contribution in [0.25, 0.3) is 0 Å². The molecule has 0 N–H and O–H groups in total. The lowest BCUT2D eigenvalue weighted by Crippen LogP contribution is -2.39. The van der Waals surface area contributed by atoms with Crippen LogP contribution in [0.5, 0.6) is 0 Å². The Labute approximate surface area is 131 Å². The van der Waals surface area contributed by atoms with Crippen LogP contribution in [0.1, 0.15) is 52.0 Å². The molecule has 0 bridgehead atoms. The summed E-state index contributed by atoms with van der Waals surface area (Å²) in [7, 11) is 0. The van der Waals surface area contributed by atoms with E-state index in [1.165, 1.54) is 36.9 Å². The van der Waals surface area contributed by atoms with Crippen molar-refractivity contribution in [3.63, 3.8) is 0 Å². The van der Waals surface area contributed by atoms with E-state index in [1.54, 1.807) is 0 Å². The monoisotopic (exact) mass is 293 g/mol. The first-order valence-electron chi connectivity index (χ1n) is 8.04. The Bertz CT molecular complexity index is 383. The minimum Gasteiger partial charge on any atom is -0.371 e. The summed E-state index contributed by atoms with van der Waals surface area (Å²) in [5, 5.41) is 0. The van der Waals surface area contributed by atoms with Gasteiger partial charge in [-0.2, -0.15) is 12.6 Å². The Balaban J connectivity index is 2.96. The molecule has 0 aliphatic heterocycles. The van der Waals surface area contributed by atoms with Gasteiger partial charge in [-0.1, -0.05) is 44.9 Å². The van der Waals surface area contributed by atoms with Gasteiger partial charge < -0.3 is 4.90 Å². The van der Waals surface area contributed by atoms with Crippen molar-refractivity contribution in [1.29, 1.82) is 0 Å². The summed E-state index contributed by atoms with van der Waals surface area (Å²) in [5.74, 6) is 0.983. The zero-order valence-corrected chi connectivity index (χ0v) is 14.5. The van der Waals surface area contributed by atoms with Gasteiger partial charge in [-0.05, 0) is 49.5 Å². The molecule has 1 rings (SSSR count). The van der Waals surface area contributed by atoms with Crippen LogP contribution in [-0.4, -0.2) is 18.8 Å². The first kappa shape index (κ1) is 17.4.